The van der Waals surface area contributed by atoms with Crippen molar-refractivity contribution in [1.82, 2.24) is 24.8 Å². The highest BCUT2D eigenvalue weighted by Gasteiger charge is 2.38. The maximum Gasteiger partial charge on any atom is 0.248 e. The van der Waals surface area contributed by atoms with Gasteiger partial charge in [0.2, 0.25) is 11.8 Å². The number of likely N-dealkylation sites (tertiary alicyclic amines) is 1. The summed E-state index contributed by atoms with van der Waals surface area (Å²) >= 11 is 0. The number of carbonyl (C=O) groups excluding carboxylic acids is 2. The Bertz CT molecular complexity index is 1660. The highest BCUT2D eigenvalue weighted by Crippen LogP contribution is 2.31. The minimum absolute atomic E-state index is 0.00797. The maximum absolute atomic E-state index is 14.5. The maximum atomic E-state index is 14.5. The van der Waals surface area contributed by atoms with Crippen molar-refractivity contribution in [3.63, 3.8) is 0 Å². The Balaban J connectivity index is 1.11. The number of aryl methyl sites for hydroxylation is 1. The van der Waals surface area contributed by atoms with Crippen molar-refractivity contribution in [3.8, 4) is 0 Å². The molecule has 8 nitrogen and oxygen atoms in total. The molecule has 1 aliphatic carbocycles. The number of anilines is 1. The Hall–Kier alpha value is -4.44. The summed E-state index contributed by atoms with van der Waals surface area (Å²) in [5.41, 5.74) is 2.33. The number of hydrogen-bond donors (Lipinski definition) is 2. The van der Waals surface area contributed by atoms with E-state index in [2.05, 4.69) is 20.6 Å². The number of nitrogens with one attached hydrogen (secondary N) is 2. The van der Waals surface area contributed by atoms with E-state index < -0.39 is 23.2 Å². The molecule has 1 aliphatic heterocycles. The van der Waals surface area contributed by atoms with Crippen LogP contribution in [0.3, 0.4) is 0 Å². The number of nitrogens with zero attached hydrogens (tertiary/aromatic N) is 4. The van der Waals surface area contributed by atoms with Gasteiger partial charge < -0.3 is 20.1 Å². The number of fused-ring (bicyclic) bond motifs is 1. The van der Waals surface area contributed by atoms with Gasteiger partial charge in [0, 0.05) is 43.7 Å². The zero-order chi connectivity index (χ0) is 31.6. The van der Waals surface area contributed by atoms with Crippen molar-refractivity contribution < 1.29 is 18.4 Å². The molecule has 0 saturated carbocycles. The molecule has 2 aromatic carbocycles. The molecule has 0 spiro atoms. The van der Waals surface area contributed by atoms with Gasteiger partial charge in [0.1, 0.15) is 23.2 Å². The number of rotatable bonds is 9. The van der Waals surface area contributed by atoms with Gasteiger partial charge in [-0.2, -0.15) is 0 Å². The average Bonchev–Trinajstić information content (AvgIpc) is 3.73. The second-order valence-electron chi connectivity index (χ2n) is 12.6. The van der Waals surface area contributed by atoms with E-state index in [1.54, 1.807) is 29.5 Å². The molecule has 2 aliphatic rings. The predicted molar refractivity (Wildman–Crippen MR) is 167 cm³/mol. The third-order valence-corrected chi connectivity index (χ3v) is 9.23. The van der Waals surface area contributed by atoms with Gasteiger partial charge in [-0.3, -0.25) is 14.6 Å². The Kier molecular flexibility index (Phi) is 8.76. The number of halogens is 2. The summed E-state index contributed by atoms with van der Waals surface area (Å²) in [4.78, 5) is 37.7. The molecule has 10 heteroatoms. The minimum atomic E-state index is -0.907. The SMILES string of the molecule is CC(C)(C(=O)N1CCC(c2ccncc2)C1)n1cnc(NC(=O)[C@@H](NCC2CCc3cc(F)cc(F)c3C2)c2ccccc2)c1. The van der Waals surface area contributed by atoms with Gasteiger partial charge in [-0.25, -0.2) is 13.8 Å². The third kappa shape index (κ3) is 6.66. The van der Waals surface area contributed by atoms with Crippen molar-refractivity contribution in [1.29, 1.82) is 0 Å². The summed E-state index contributed by atoms with van der Waals surface area (Å²) < 4.78 is 29.9. The van der Waals surface area contributed by atoms with Crippen LogP contribution >= 0.6 is 0 Å². The van der Waals surface area contributed by atoms with Crippen LogP contribution < -0.4 is 10.6 Å². The molecular formula is C35H38F2N6O2. The molecule has 2 unspecified atom stereocenters. The number of aromatic nitrogens is 3. The van der Waals surface area contributed by atoms with Gasteiger partial charge in [-0.15, -0.1) is 0 Å². The first-order valence-electron chi connectivity index (χ1n) is 15.5. The second-order valence-corrected chi connectivity index (χ2v) is 12.6. The van der Waals surface area contributed by atoms with E-state index in [1.807, 2.05) is 61.2 Å². The number of carbonyl (C=O) groups is 2. The van der Waals surface area contributed by atoms with Crippen LogP contribution in [0.5, 0.6) is 0 Å². The van der Waals surface area contributed by atoms with E-state index in [0.717, 1.165) is 30.0 Å². The Morgan fingerprint density at radius 1 is 1.07 bits per heavy atom. The van der Waals surface area contributed by atoms with Crippen LogP contribution in [0.2, 0.25) is 0 Å². The zero-order valence-electron chi connectivity index (χ0n) is 25.5. The number of imidazole rings is 1. The van der Waals surface area contributed by atoms with Crippen LogP contribution in [0.25, 0.3) is 0 Å². The van der Waals surface area contributed by atoms with Crippen LogP contribution in [0.4, 0.5) is 14.6 Å². The van der Waals surface area contributed by atoms with Gasteiger partial charge in [-0.05, 0) is 92.4 Å². The lowest BCUT2D eigenvalue weighted by Gasteiger charge is -2.30. The van der Waals surface area contributed by atoms with E-state index in [0.29, 0.717) is 43.9 Å². The molecular weight excluding hydrogens is 574 g/mol. The molecule has 3 heterocycles. The molecule has 1 saturated heterocycles. The van der Waals surface area contributed by atoms with Gasteiger partial charge >= 0.3 is 0 Å². The molecule has 2 amide bonds. The van der Waals surface area contributed by atoms with E-state index in [4.69, 9.17) is 0 Å². The monoisotopic (exact) mass is 612 g/mol. The molecule has 6 rings (SSSR count). The lowest BCUT2D eigenvalue weighted by atomic mass is 9.83. The smallest absolute Gasteiger partial charge is 0.248 e. The number of pyridine rings is 1. The van der Waals surface area contributed by atoms with Crippen LogP contribution in [0.15, 0.2) is 79.5 Å². The summed E-state index contributed by atoms with van der Waals surface area (Å²) in [5.74, 6) is -0.655. The fourth-order valence-electron chi connectivity index (χ4n) is 6.57. The first kappa shape index (κ1) is 30.6. The van der Waals surface area contributed by atoms with Crippen molar-refractivity contribution in [2.24, 2.45) is 5.92 Å². The highest BCUT2D eigenvalue weighted by atomic mass is 19.1. The molecule has 0 bridgehead atoms. The molecule has 4 aromatic rings. The molecule has 3 atom stereocenters. The third-order valence-electron chi connectivity index (χ3n) is 9.23. The number of benzene rings is 2. The van der Waals surface area contributed by atoms with Gasteiger partial charge in [0.15, 0.2) is 5.82 Å². The lowest BCUT2D eigenvalue weighted by Crippen LogP contribution is -2.45. The fraction of sp³-hybridized carbons (Fsp3) is 0.371. The molecule has 2 N–H and O–H groups in total. The van der Waals surface area contributed by atoms with Gasteiger partial charge in [-0.1, -0.05) is 30.3 Å². The van der Waals surface area contributed by atoms with Crippen LogP contribution in [-0.4, -0.2) is 50.9 Å². The number of hydrogen-bond acceptors (Lipinski definition) is 5. The lowest BCUT2D eigenvalue weighted by molar-refractivity contribution is -0.138. The minimum Gasteiger partial charge on any atom is -0.340 e. The summed E-state index contributed by atoms with van der Waals surface area (Å²) in [6.07, 6.45) is 9.55. The van der Waals surface area contributed by atoms with Gasteiger partial charge in [0.05, 0.1) is 6.33 Å². The van der Waals surface area contributed by atoms with Crippen LogP contribution in [0, 0.1) is 17.6 Å². The van der Waals surface area contributed by atoms with E-state index in [9.17, 15) is 18.4 Å². The second kappa shape index (κ2) is 12.9. The Morgan fingerprint density at radius 3 is 2.62 bits per heavy atom. The first-order chi connectivity index (χ1) is 21.7. The van der Waals surface area contributed by atoms with Crippen LogP contribution in [0.1, 0.15) is 60.9 Å². The van der Waals surface area contributed by atoms with Crippen molar-refractivity contribution in [3.05, 3.63) is 113 Å². The largest absolute Gasteiger partial charge is 0.340 e. The summed E-state index contributed by atoms with van der Waals surface area (Å²) in [5, 5.41) is 6.31. The Morgan fingerprint density at radius 2 is 1.84 bits per heavy atom. The zero-order valence-corrected chi connectivity index (χ0v) is 25.5. The van der Waals surface area contributed by atoms with E-state index >= 15 is 0 Å². The van der Waals surface area contributed by atoms with Crippen molar-refractivity contribution >= 4 is 17.6 Å². The van der Waals surface area contributed by atoms with Crippen molar-refractivity contribution in [2.75, 3.05) is 25.0 Å². The highest BCUT2D eigenvalue weighted by molar-refractivity contribution is 5.94. The van der Waals surface area contributed by atoms with E-state index in [1.165, 1.54) is 11.6 Å². The Labute approximate surface area is 261 Å². The molecule has 0 radical (unpaired) electrons. The van der Waals surface area contributed by atoms with Crippen molar-refractivity contribution in [2.45, 2.75) is 57.0 Å². The molecule has 2 aromatic heterocycles. The number of amides is 2. The fourth-order valence-corrected chi connectivity index (χ4v) is 6.57. The predicted octanol–water partition coefficient (Wildman–Crippen LogP) is 5.38. The topological polar surface area (TPSA) is 92.2 Å². The first-order valence-corrected chi connectivity index (χ1v) is 15.5. The summed E-state index contributed by atoms with van der Waals surface area (Å²) in [6, 6.07) is 15.1. The summed E-state index contributed by atoms with van der Waals surface area (Å²) in [7, 11) is 0. The van der Waals surface area contributed by atoms with E-state index in [-0.39, 0.29) is 23.7 Å². The van der Waals surface area contributed by atoms with Gasteiger partial charge in [0.25, 0.3) is 0 Å². The van der Waals surface area contributed by atoms with Crippen LogP contribution in [-0.2, 0) is 28.0 Å². The molecule has 1 fully saturated rings. The summed E-state index contributed by atoms with van der Waals surface area (Å²) in [6.45, 7) is 5.52. The molecule has 234 valence electrons. The average molecular weight is 613 g/mol. The standard InChI is InChI=1S/C35H38F2N6O2/c1-35(2,34(45)42-15-12-27(20-42)24-10-13-38-14-11-24)43-21-31(40-22-43)41-33(44)32(25-6-4-3-5-7-25)39-19-23-8-9-26-17-28(36)18-30(37)29(26)16-23/h3-7,10-11,13-14,17-18,21-23,27,32,39H,8-9,12,15-16,19-20H2,1-2H3,(H,41,44)/t23?,27?,32-/m0/s1. The normalized spacial score (nSPS) is 18.8. The molecule has 45 heavy (non-hydrogen) atoms. The quantitative estimate of drug-likeness (QED) is 0.265.